The Morgan fingerprint density at radius 3 is 2.76 bits per heavy atom. The second-order valence-corrected chi connectivity index (χ2v) is 5.43. The highest BCUT2D eigenvalue weighted by atomic mass is 19.1. The molecule has 0 atom stereocenters. The summed E-state index contributed by atoms with van der Waals surface area (Å²) in [6.07, 6.45) is 0. The second kappa shape index (κ2) is 9.51. The van der Waals surface area contributed by atoms with E-state index in [-0.39, 0.29) is 12.4 Å². The Morgan fingerprint density at radius 2 is 2.14 bits per heavy atom. The van der Waals surface area contributed by atoms with E-state index in [1.165, 1.54) is 12.1 Å². The molecule has 116 valence electrons. The monoisotopic (exact) mass is 292 g/mol. The lowest BCUT2D eigenvalue weighted by molar-refractivity contribution is 0.136. The van der Waals surface area contributed by atoms with Gasteiger partial charge in [0, 0.05) is 32.3 Å². The van der Waals surface area contributed by atoms with Gasteiger partial charge < -0.3 is 10.5 Å². The maximum Gasteiger partial charge on any atom is 0.124 e. The molecule has 0 spiro atoms. The third kappa shape index (κ3) is 6.72. The van der Waals surface area contributed by atoms with E-state index in [2.05, 4.69) is 30.6 Å². The third-order valence-electron chi connectivity index (χ3n) is 3.03. The summed E-state index contributed by atoms with van der Waals surface area (Å²) in [5.41, 5.74) is 7.14. The molecule has 0 heterocycles. The Balaban J connectivity index is 2.90. The third-order valence-corrected chi connectivity index (χ3v) is 3.03. The van der Waals surface area contributed by atoms with Crippen LogP contribution in [0.4, 0.5) is 4.39 Å². The molecule has 0 saturated carbocycles. The minimum atomic E-state index is -0.271. The van der Waals surface area contributed by atoms with Gasteiger partial charge in [-0.2, -0.15) is 0 Å². The van der Waals surface area contributed by atoms with E-state index in [9.17, 15) is 4.39 Å². The number of halogens is 1. The minimum absolute atomic E-state index is 0.271. The van der Waals surface area contributed by atoms with Crippen LogP contribution in [0.2, 0.25) is 0 Å². The fourth-order valence-electron chi connectivity index (χ4n) is 2.16. The van der Waals surface area contributed by atoms with Crippen LogP contribution in [0, 0.1) is 23.6 Å². The van der Waals surface area contributed by atoms with Crippen LogP contribution in [-0.4, -0.2) is 38.3 Å². The first-order valence-electron chi connectivity index (χ1n) is 7.25. The van der Waals surface area contributed by atoms with Crippen LogP contribution in [0.5, 0.6) is 0 Å². The van der Waals surface area contributed by atoms with E-state index in [0.29, 0.717) is 18.1 Å². The predicted molar refractivity (Wildman–Crippen MR) is 84.3 cm³/mol. The Kier molecular flexibility index (Phi) is 7.99. The molecule has 0 bridgehead atoms. The Bertz CT molecular complexity index is 491. The Hall–Kier alpha value is -1.41. The SMILES string of the molecule is COCCN(Cc1ccc(F)cc1C#CCN)CC(C)C. The summed E-state index contributed by atoms with van der Waals surface area (Å²) in [5.74, 6) is 6.04. The summed E-state index contributed by atoms with van der Waals surface area (Å²) in [5, 5.41) is 0. The average molecular weight is 292 g/mol. The largest absolute Gasteiger partial charge is 0.383 e. The molecule has 0 aliphatic heterocycles. The molecule has 1 rings (SSSR count). The van der Waals surface area contributed by atoms with Crippen molar-refractivity contribution in [1.29, 1.82) is 0 Å². The van der Waals surface area contributed by atoms with E-state index in [1.54, 1.807) is 13.2 Å². The molecule has 0 amide bonds. The van der Waals surface area contributed by atoms with Crippen molar-refractivity contribution in [2.45, 2.75) is 20.4 Å². The molecular formula is C17H25FN2O. The summed E-state index contributed by atoms with van der Waals surface area (Å²) in [7, 11) is 1.70. The molecule has 2 N–H and O–H groups in total. The summed E-state index contributed by atoms with van der Waals surface area (Å²) in [4.78, 5) is 2.30. The quantitative estimate of drug-likeness (QED) is 0.783. The van der Waals surface area contributed by atoms with Crippen molar-refractivity contribution in [2.24, 2.45) is 11.7 Å². The number of ether oxygens (including phenoxy) is 1. The lowest BCUT2D eigenvalue weighted by Crippen LogP contribution is -2.30. The van der Waals surface area contributed by atoms with Crippen molar-refractivity contribution in [3.63, 3.8) is 0 Å². The maximum atomic E-state index is 13.4. The highest BCUT2D eigenvalue weighted by Crippen LogP contribution is 2.14. The van der Waals surface area contributed by atoms with Gasteiger partial charge in [0.05, 0.1) is 13.2 Å². The first kappa shape index (κ1) is 17.6. The molecule has 1 aromatic rings. The van der Waals surface area contributed by atoms with E-state index < -0.39 is 0 Å². The van der Waals surface area contributed by atoms with Gasteiger partial charge in [-0.15, -0.1) is 0 Å². The summed E-state index contributed by atoms with van der Waals surface area (Å²) < 4.78 is 18.6. The number of benzene rings is 1. The maximum absolute atomic E-state index is 13.4. The van der Waals surface area contributed by atoms with Gasteiger partial charge in [0.25, 0.3) is 0 Å². The van der Waals surface area contributed by atoms with Crippen LogP contribution in [0.25, 0.3) is 0 Å². The van der Waals surface area contributed by atoms with Crippen molar-refractivity contribution < 1.29 is 9.13 Å². The molecule has 0 aromatic heterocycles. The van der Waals surface area contributed by atoms with Gasteiger partial charge in [0.15, 0.2) is 0 Å². The Labute approximate surface area is 127 Å². The van der Waals surface area contributed by atoms with Gasteiger partial charge in [-0.3, -0.25) is 4.90 Å². The van der Waals surface area contributed by atoms with Crippen molar-refractivity contribution in [3.05, 3.63) is 35.1 Å². The van der Waals surface area contributed by atoms with Gasteiger partial charge in [0.1, 0.15) is 5.82 Å². The molecule has 21 heavy (non-hydrogen) atoms. The van der Waals surface area contributed by atoms with E-state index in [1.807, 2.05) is 0 Å². The fourth-order valence-corrected chi connectivity index (χ4v) is 2.16. The highest BCUT2D eigenvalue weighted by molar-refractivity contribution is 5.41. The molecule has 4 heteroatoms. The number of methoxy groups -OCH3 is 1. The standard InChI is InChI=1S/C17H25FN2O/c1-14(2)12-20(9-10-21-3)13-16-6-7-17(18)11-15(16)5-4-8-19/h6-7,11,14H,8-10,12-13,19H2,1-3H3. The molecule has 0 aliphatic rings. The van der Waals surface area contributed by atoms with Gasteiger partial charge >= 0.3 is 0 Å². The van der Waals surface area contributed by atoms with Gasteiger partial charge in [-0.25, -0.2) is 4.39 Å². The highest BCUT2D eigenvalue weighted by Gasteiger charge is 2.11. The van der Waals surface area contributed by atoms with E-state index in [4.69, 9.17) is 10.5 Å². The topological polar surface area (TPSA) is 38.5 Å². The summed E-state index contributed by atoms with van der Waals surface area (Å²) >= 11 is 0. The first-order chi connectivity index (χ1) is 10.1. The Morgan fingerprint density at radius 1 is 1.38 bits per heavy atom. The van der Waals surface area contributed by atoms with Gasteiger partial charge in [-0.05, 0) is 23.6 Å². The van der Waals surface area contributed by atoms with Crippen LogP contribution in [0.15, 0.2) is 18.2 Å². The van der Waals surface area contributed by atoms with Gasteiger partial charge in [-0.1, -0.05) is 31.8 Å². The zero-order chi connectivity index (χ0) is 15.7. The van der Waals surface area contributed by atoms with Crippen LogP contribution in [0.3, 0.4) is 0 Å². The lowest BCUT2D eigenvalue weighted by Gasteiger charge is -2.24. The van der Waals surface area contributed by atoms with Crippen molar-refractivity contribution >= 4 is 0 Å². The van der Waals surface area contributed by atoms with Crippen molar-refractivity contribution in [3.8, 4) is 11.8 Å². The van der Waals surface area contributed by atoms with Crippen molar-refractivity contribution in [1.82, 2.24) is 4.90 Å². The van der Waals surface area contributed by atoms with Crippen LogP contribution in [0.1, 0.15) is 25.0 Å². The predicted octanol–water partition coefficient (Wildman–Crippen LogP) is 2.24. The molecule has 3 nitrogen and oxygen atoms in total. The number of nitrogens with zero attached hydrogens (tertiary/aromatic N) is 1. The summed E-state index contributed by atoms with van der Waals surface area (Å²) in [6.45, 7) is 7.85. The van der Waals surface area contributed by atoms with Crippen molar-refractivity contribution in [2.75, 3.05) is 33.4 Å². The molecular weight excluding hydrogens is 267 g/mol. The molecule has 0 unspecified atom stereocenters. The summed E-state index contributed by atoms with van der Waals surface area (Å²) in [6, 6.07) is 4.75. The normalized spacial score (nSPS) is 10.8. The number of rotatable bonds is 7. The molecule has 0 fully saturated rings. The lowest BCUT2D eigenvalue weighted by atomic mass is 10.1. The first-order valence-corrected chi connectivity index (χ1v) is 7.25. The fraction of sp³-hybridized carbons (Fsp3) is 0.529. The van der Waals surface area contributed by atoms with Crippen LogP contribution < -0.4 is 5.73 Å². The smallest absolute Gasteiger partial charge is 0.124 e. The molecule has 0 aliphatic carbocycles. The van der Waals surface area contributed by atoms with Crippen LogP contribution >= 0.6 is 0 Å². The van der Waals surface area contributed by atoms with E-state index in [0.717, 1.165) is 25.2 Å². The molecule has 1 aromatic carbocycles. The zero-order valence-corrected chi connectivity index (χ0v) is 13.2. The van der Waals surface area contributed by atoms with Crippen LogP contribution in [-0.2, 0) is 11.3 Å². The average Bonchev–Trinajstić information content (AvgIpc) is 2.44. The second-order valence-electron chi connectivity index (χ2n) is 5.43. The number of hydrogen-bond acceptors (Lipinski definition) is 3. The zero-order valence-electron chi connectivity index (χ0n) is 13.2. The minimum Gasteiger partial charge on any atom is -0.383 e. The number of nitrogens with two attached hydrogens (primary N) is 1. The molecule has 0 radical (unpaired) electrons. The van der Waals surface area contributed by atoms with Gasteiger partial charge in [0.2, 0.25) is 0 Å². The number of hydrogen-bond donors (Lipinski definition) is 1. The molecule has 0 saturated heterocycles. The van der Waals surface area contributed by atoms with E-state index >= 15 is 0 Å².